The number of hydrogen-bond donors (Lipinski definition) is 2. The molecule has 3 N–H and O–H groups in total. The lowest BCUT2D eigenvalue weighted by molar-refractivity contribution is 0.567. The molecular weight excluding hydrogens is 261 g/mol. The Hall–Kier alpha value is -1.46. The summed E-state index contributed by atoms with van der Waals surface area (Å²) in [7, 11) is 0. The predicted molar refractivity (Wildman–Crippen MR) is 77.6 cm³/mol. The summed E-state index contributed by atoms with van der Waals surface area (Å²) in [5.74, 6) is -0.366. The van der Waals surface area contributed by atoms with Gasteiger partial charge in [0.25, 0.3) is 0 Å². The van der Waals surface area contributed by atoms with E-state index in [4.69, 9.17) is 5.73 Å². The zero-order valence-electron chi connectivity index (χ0n) is 11.1. The largest absolute Gasteiger partial charge is 0.396 e. The molecule has 19 heavy (non-hydrogen) atoms. The summed E-state index contributed by atoms with van der Waals surface area (Å²) in [6.45, 7) is 4.78. The topological polar surface area (TPSA) is 50.9 Å². The van der Waals surface area contributed by atoms with Crippen LogP contribution in [-0.4, -0.2) is 4.98 Å². The first-order chi connectivity index (χ1) is 9.10. The van der Waals surface area contributed by atoms with E-state index in [9.17, 15) is 4.39 Å². The highest BCUT2D eigenvalue weighted by Gasteiger charge is 2.10. The van der Waals surface area contributed by atoms with Gasteiger partial charge in [-0.15, -0.1) is 11.3 Å². The fourth-order valence-corrected chi connectivity index (χ4v) is 2.61. The maximum Gasteiger partial charge on any atom is 0.146 e. The first-order valence-electron chi connectivity index (χ1n) is 6.32. The van der Waals surface area contributed by atoms with Crippen molar-refractivity contribution in [3.8, 4) is 0 Å². The standard InChI is InChI=1S/C14H18FN3S/c1-3-11-8-18-14(19-11)9(2)17-7-10-4-5-13(16)12(15)6-10/h4-6,8-9,17H,3,7,16H2,1-2H3. The quantitative estimate of drug-likeness (QED) is 0.826. The van der Waals surface area contributed by atoms with Crippen LogP contribution in [0.2, 0.25) is 0 Å². The van der Waals surface area contributed by atoms with E-state index in [0.29, 0.717) is 6.54 Å². The Bertz CT molecular complexity index is 553. The highest BCUT2D eigenvalue weighted by molar-refractivity contribution is 7.11. The molecule has 2 rings (SSSR count). The molecule has 1 atom stereocenters. The summed E-state index contributed by atoms with van der Waals surface area (Å²) in [6.07, 6.45) is 2.93. The van der Waals surface area contributed by atoms with Gasteiger partial charge in [0.2, 0.25) is 0 Å². The molecule has 0 aliphatic carbocycles. The molecule has 3 nitrogen and oxygen atoms in total. The number of nitrogens with one attached hydrogen (secondary N) is 1. The lowest BCUT2D eigenvalue weighted by Gasteiger charge is -2.11. The van der Waals surface area contributed by atoms with Crippen LogP contribution >= 0.6 is 11.3 Å². The average Bonchev–Trinajstić information content (AvgIpc) is 2.88. The molecule has 0 saturated heterocycles. The van der Waals surface area contributed by atoms with Gasteiger partial charge in [0.15, 0.2) is 0 Å². The SMILES string of the molecule is CCc1cnc(C(C)NCc2ccc(N)c(F)c2)s1. The van der Waals surface area contributed by atoms with Gasteiger partial charge in [-0.2, -0.15) is 0 Å². The summed E-state index contributed by atoms with van der Waals surface area (Å²) < 4.78 is 13.3. The van der Waals surface area contributed by atoms with Crippen LogP contribution in [0.15, 0.2) is 24.4 Å². The van der Waals surface area contributed by atoms with Crippen LogP contribution in [0.5, 0.6) is 0 Å². The van der Waals surface area contributed by atoms with E-state index < -0.39 is 0 Å². The summed E-state index contributed by atoms with van der Waals surface area (Å²) in [6, 6.07) is 5.05. The third-order valence-corrected chi connectivity index (χ3v) is 4.29. The van der Waals surface area contributed by atoms with Gasteiger partial charge in [-0.1, -0.05) is 13.0 Å². The minimum atomic E-state index is -0.366. The zero-order chi connectivity index (χ0) is 13.8. The van der Waals surface area contributed by atoms with Crippen LogP contribution in [0, 0.1) is 5.82 Å². The van der Waals surface area contributed by atoms with Gasteiger partial charge in [-0.05, 0) is 31.0 Å². The highest BCUT2D eigenvalue weighted by atomic mass is 32.1. The number of benzene rings is 1. The Balaban J connectivity index is 1.95. The van der Waals surface area contributed by atoms with Gasteiger partial charge in [-0.25, -0.2) is 9.37 Å². The van der Waals surface area contributed by atoms with Crippen LogP contribution in [0.25, 0.3) is 0 Å². The molecule has 0 spiro atoms. The molecule has 0 aliphatic heterocycles. The van der Waals surface area contributed by atoms with Crippen molar-refractivity contribution < 1.29 is 4.39 Å². The molecule has 5 heteroatoms. The van der Waals surface area contributed by atoms with Crippen LogP contribution in [0.4, 0.5) is 10.1 Å². The van der Waals surface area contributed by atoms with Crippen molar-refractivity contribution in [3.05, 3.63) is 45.7 Å². The van der Waals surface area contributed by atoms with Gasteiger partial charge >= 0.3 is 0 Å². The number of thiazole rings is 1. The molecule has 2 aromatic rings. The molecule has 0 aliphatic rings. The second-order valence-electron chi connectivity index (χ2n) is 4.48. The molecule has 1 heterocycles. The molecule has 0 radical (unpaired) electrons. The number of nitrogens with zero attached hydrogens (tertiary/aromatic N) is 1. The zero-order valence-corrected chi connectivity index (χ0v) is 11.9. The minimum absolute atomic E-state index is 0.158. The Labute approximate surface area is 116 Å². The van der Waals surface area contributed by atoms with Crippen molar-refractivity contribution >= 4 is 17.0 Å². The number of nitrogens with two attached hydrogens (primary N) is 1. The second-order valence-corrected chi connectivity index (χ2v) is 5.62. The van der Waals surface area contributed by atoms with Gasteiger partial charge in [0.1, 0.15) is 10.8 Å². The smallest absolute Gasteiger partial charge is 0.146 e. The first kappa shape index (κ1) is 14.0. The number of aryl methyl sites for hydroxylation is 1. The van der Waals surface area contributed by atoms with Gasteiger partial charge in [0, 0.05) is 17.6 Å². The number of halogens is 1. The van der Waals surface area contributed by atoms with Crippen LogP contribution < -0.4 is 11.1 Å². The third kappa shape index (κ3) is 3.52. The highest BCUT2D eigenvalue weighted by Crippen LogP contribution is 2.21. The fraction of sp³-hybridized carbons (Fsp3) is 0.357. The lowest BCUT2D eigenvalue weighted by atomic mass is 10.2. The summed E-state index contributed by atoms with van der Waals surface area (Å²) >= 11 is 1.71. The van der Waals surface area contributed by atoms with Gasteiger partial charge in [-0.3, -0.25) is 0 Å². The predicted octanol–water partition coefficient (Wildman–Crippen LogP) is 3.28. The van der Waals surface area contributed by atoms with E-state index in [1.165, 1.54) is 10.9 Å². The maximum atomic E-state index is 13.3. The minimum Gasteiger partial charge on any atom is -0.396 e. The first-order valence-corrected chi connectivity index (χ1v) is 7.13. The summed E-state index contributed by atoms with van der Waals surface area (Å²) in [5, 5.41) is 4.40. The van der Waals surface area contributed by atoms with E-state index in [1.54, 1.807) is 17.4 Å². The third-order valence-electron chi connectivity index (χ3n) is 2.97. The molecule has 0 bridgehead atoms. The van der Waals surface area contributed by atoms with Crippen molar-refractivity contribution in [2.45, 2.75) is 32.9 Å². The molecular formula is C14H18FN3S. The van der Waals surface area contributed by atoms with Crippen molar-refractivity contribution in [1.82, 2.24) is 10.3 Å². The number of aromatic nitrogens is 1. The van der Waals surface area contributed by atoms with Crippen LogP contribution in [0.3, 0.4) is 0 Å². The Kier molecular flexibility index (Phi) is 4.50. The number of nitrogen functional groups attached to an aromatic ring is 1. The number of hydrogen-bond acceptors (Lipinski definition) is 4. The van der Waals surface area contributed by atoms with E-state index in [2.05, 4.69) is 24.1 Å². The van der Waals surface area contributed by atoms with E-state index in [0.717, 1.165) is 17.0 Å². The molecule has 0 fully saturated rings. The van der Waals surface area contributed by atoms with Gasteiger partial charge in [0.05, 0.1) is 11.7 Å². The monoisotopic (exact) mass is 279 g/mol. The van der Waals surface area contributed by atoms with Gasteiger partial charge < -0.3 is 11.1 Å². The Morgan fingerprint density at radius 1 is 1.47 bits per heavy atom. The van der Waals surface area contributed by atoms with Crippen molar-refractivity contribution in [1.29, 1.82) is 0 Å². The molecule has 1 aromatic heterocycles. The van der Waals surface area contributed by atoms with Crippen molar-refractivity contribution in [2.24, 2.45) is 0 Å². The molecule has 102 valence electrons. The van der Waals surface area contributed by atoms with E-state index in [-0.39, 0.29) is 17.5 Å². The number of rotatable bonds is 5. The normalized spacial score (nSPS) is 12.6. The fourth-order valence-electron chi connectivity index (χ4n) is 1.73. The average molecular weight is 279 g/mol. The molecule has 1 aromatic carbocycles. The molecule has 1 unspecified atom stereocenters. The van der Waals surface area contributed by atoms with Crippen molar-refractivity contribution in [2.75, 3.05) is 5.73 Å². The van der Waals surface area contributed by atoms with Crippen molar-refractivity contribution in [3.63, 3.8) is 0 Å². The van der Waals surface area contributed by atoms with Crippen LogP contribution in [-0.2, 0) is 13.0 Å². The Morgan fingerprint density at radius 3 is 2.89 bits per heavy atom. The van der Waals surface area contributed by atoms with E-state index in [1.807, 2.05) is 12.3 Å². The molecule has 0 amide bonds. The lowest BCUT2D eigenvalue weighted by Crippen LogP contribution is -2.18. The Morgan fingerprint density at radius 2 is 2.26 bits per heavy atom. The van der Waals surface area contributed by atoms with E-state index >= 15 is 0 Å². The maximum absolute atomic E-state index is 13.3. The van der Waals surface area contributed by atoms with Crippen LogP contribution in [0.1, 0.15) is 35.3 Å². The number of anilines is 1. The molecule has 0 saturated carbocycles. The summed E-state index contributed by atoms with van der Waals surface area (Å²) in [4.78, 5) is 5.67. The second kappa shape index (κ2) is 6.12. The summed E-state index contributed by atoms with van der Waals surface area (Å²) in [5.41, 5.74) is 6.51.